The van der Waals surface area contributed by atoms with Crippen molar-refractivity contribution in [2.45, 2.75) is 25.2 Å². The first-order chi connectivity index (χ1) is 14.3. The summed E-state index contributed by atoms with van der Waals surface area (Å²) in [7, 11) is 0. The minimum atomic E-state index is -0.308. The number of piperidine rings is 1. The lowest BCUT2D eigenvalue weighted by molar-refractivity contribution is -0.132. The van der Waals surface area contributed by atoms with E-state index in [1.807, 2.05) is 54.6 Å². The molecule has 0 aliphatic carbocycles. The zero-order valence-electron chi connectivity index (χ0n) is 16.7. The van der Waals surface area contributed by atoms with Crippen LogP contribution in [0.15, 0.2) is 91.0 Å². The van der Waals surface area contributed by atoms with E-state index in [-0.39, 0.29) is 11.8 Å². The van der Waals surface area contributed by atoms with Crippen LogP contribution in [0.5, 0.6) is 0 Å². The lowest BCUT2D eigenvalue weighted by Crippen LogP contribution is -2.39. The summed E-state index contributed by atoms with van der Waals surface area (Å²) in [5, 5.41) is 0. The van der Waals surface area contributed by atoms with Crippen LogP contribution in [0, 0.1) is 0 Å². The maximum atomic E-state index is 13.8. The molecule has 1 aliphatic rings. The molecule has 4 rings (SSSR count). The molecule has 1 fully saturated rings. The summed E-state index contributed by atoms with van der Waals surface area (Å²) in [6.45, 7) is 1.71. The molecule has 1 amide bonds. The van der Waals surface area contributed by atoms with Crippen molar-refractivity contribution in [3.8, 4) is 0 Å². The fourth-order valence-corrected chi connectivity index (χ4v) is 4.09. The summed E-state index contributed by atoms with van der Waals surface area (Å²) in [6.07, 6.45) is 5.58. The van der Waals surface area contributed by atoms with Gasteiger partial charge in [0.2, 0.25) is 5.91 Å². The quantitative estimate of drug-likeness (QED) is 0.495. The third-order valence-electron chi connectivity index (χ3n) is 5.59. The second-order valence-electron chi connectivity index (χ2n) is 7.61. The number of hydrogen-bond acceptors (Lipinski definition) is 1. The van der Waals surface area contributed by atoms with Crippen molar-refractivity contribution in [2.24, 2.45) is 0 Å². The maximum Gasteiger partial charge on any atom is 0.234 e. The molecule has 1 aliphatic heterocycles. The van der Waals surface area contributed by atoms with Crippen molar-refractivity contribution in [3.63, 3.8) is 0 Å². The smallest absolute Gasteiger partial charge is 0.234 e. The Balaban J connectivity index is 1.84. The van der Waals surface area contributed by atoms with E-state index in [0.717, 1.165) is 48.2 Å². The van der Waals surface area contributed by atoms with Gasteiger partial charge in [-0.1, -0.05) is 97.1 Å². The van der Waals surface area contributed by atoms with E-state index in [4.69, 9.17) is 0 Å². The number of carbonyl (C=O) groups is 1. The normalized spacial score (nSPS) is 15.7. The van der Waals surface area contributed by atoms with Crippen molar-refractivity contribution < 1.29 is 4.79 Å². The minimum absolute atomic E-state index is 0.210. The van der Waals surface area contributed by atoms with E-state index in [1.165, 1.54) is 6.42 Å². The van der Waals surface area contributed by atoms with Crippen molar-refractivity contribution in [2.75, 3.05) is 13.1 Å². The lowest BCUT2D eigenvalue weighted by atomic mass is 9.84. The van der Waals surface area contributed by atoms with E-state index in [0.29, 0.717) is 0 Å². The number of hydrogen-bond donors (Lipinski definition) is 0. The summed E-state index contributed by atoms with van der Waals surface area (Å²) in [4.78, 5) is 15.8. The highest BCUT2D eigenvalue weighted by Gasteiger charge is 2.30. The molecule has 0 saturated carbocycles. The molecular weight excluding hydrogens is 354 g/mol. The van der Waals surface area contributed by atoms with E-state index < -0.39 is 0 Å². The highest BCUT2D eigenvalue weighted by Crippen LogP contribution is 2.36. The molecule has 3 aromatic carbocycles. The number of amides is 1. The Morgan fingerprint density at radius 3 is 1.90 bits per heavy atom. The predicted octanol–water partition coefficient (Wildman–Crippen LogP) is 6.02. The maximum absolute atomic E-state index is 13.8. The van der Waals surface area contributed by atoms with Crippen molar-refractivity contribution in [1.82, 2.24) is 4.90 Å². The Labute approximate surface area is 173 Å². The van der Waals surface area contributed by atoms with E-state index in [1.54, 1.807) is 0 Å². The number of likely N-dealkylation sites (tertiary alicyclic amines) is 1. The number of nitrogens with zero attached hydrogens (tertiary/aromatic N) is 1. The van der Waals surface area contributed by atoms with Gasteiger partial charge in [-0.3, -0.25) is 4.79 Å². The van der Waals surface area contributed by atoms with Gasteiger partial charge in [0.25, 0.3) is 0 Å². The van der Waals surface area contributed by atoms with Crippen LogP contribution in [0.3, 0.4) is 0 Å². The molecule has 146 valence electrons. The highest BCUT2D eigenvalue weighted by atomic mass is 16.2. The molecule has 29 heavy (non-hydrogen) atoms. The number of rotatable bonds is 5. The lowest BCUT2D eigenvalue weighted by Gasteiger charge is -2.32. The van der Waals surface area contributed by atoms with Crippen molar-refractivity contribution in [1.29, 1.82) is 0 Å². The summed E-state index contributed by atoms with van der Waals surface area (Å²) in [5.74, 6) is -0.0983. The molecule has 0 spiro atoms. The van der Waals surface area contributed by atoms with E-state index >= 15 is 0 Å². The van der Waals surface area contributed by atoms with Gasteiger partial charge in [0.1, 0.15) is 0 Å². The Kier molecular flexibility index (Phi) is 6.21. The first-order valence-electron chi connectivity index (χ1n) is 10.5. The largest absolute Gasteiger partial charge is 0.342 e. The van der Waals surface area contributed by atoms with Crippen LogP contribution in [0.1, 0.15) is 41.9 Å². The van der Waals surface area contributed by atoms with Gasteiger partial charge in [0, 0.05) is 13.1 Å². The van der Waals surface area contributed by atoms with E-state index in [9.17, 15) is 4.79 Å². The van der Waals surface area contributed by atoms with Gasteiger partial charge in [-0.15, -0.1) is 0 Å². The zero-order valence-corrected chi connectivity index (χ0v) is 16.7. The van der Waals surface area contributed by atoms with Crippen LogP contribution in [0.25, 0.3) is 11.6 Å². The molecule has 0 radical (unpaired) electrons. The number of carbonyl (C=O) groups excluding carboxylic acids is 1. The first-order valence-corrected chi connectivity index (χ1v) is 10.5. The van der Waals surface area contributed by atoms with Gasteiger partial charge in [0.05, 0.1) is 5.92 Å². The molecule has 0 aromatic heterocycles. The molecule has 3 aromatic rings. The average molecular weight is 382 g/mol. The second-order valence-corrected chi connectivity index (χ2v) is 7.61. The molecule has 0 N–H and O–H groups in total. The summed E-state index contributed by atoms with van der Waals surface area (Å²) in [5.41, 5.74) is 4.31. The third-order valence-corrected chi connectivity index (χ3v) is 5.59. The van der Waals surface area contributed by atoms with Gasteiger partial charge in [-0.25, -0.2) is 0 Å². The molecule has 1 atom stereocenters. The predicted molar refractivity (Wildman–Crippen MR) is 120 cm³/mol. The minimum Gasteiger partial charge on any atom is -0.342 e. The van der Waals surface area contributed by atoms with Gasteiger partial charge < -0.3 is 4.90 Å². The van der Waals surface area contributed by atoms with Crippen LogP contribution in [0.4, 0.5) is 0 Å². The average Bonchev–Trinajstić information content (AvgIpc) is 2.81. The summed E-state index contributed by atoms with van der Waals surface area (Å²) >= 11 is 0. The van der Waals surface area contributed by atoms with Crippen molar-refractivity contribution in [3.05, 3.63) is 108 Å². The standard InChI is InChI=1S/C27H27NO/c29-27(28-19-11-4-12-20-28)26(24-17-9-3-10-18-24)25(23-15-7-2-8-16-23)21-22-13-5-1-6-14-22/h1-3,5-10,13-18,21,26H,4,11-12,19-20H2/b25-21-. The second kappa shape index (κ2) is 9.38. The topological polar surface area (TPSA) is 20.3 Å². The molecule has 0 bridgehead atoms. The van der Waals surface area contributed by atoms with Crippen molar-refractivity contribution >= 4 is 17.6 Å². The van der Waals surface area contributed by atoms with Crippen LogP contribution in [0.2, 0.25) is 0 Å². The van der Waals surface area contributed by atoms with Crippen LogP contribution in [-0.2, 0) is 4.79 Å². The highest BCUT2D eigenvalue weighted by molar-refractivity contribution is 6.01. The molecule has 1 saturated heterocycles. The molecule has 2 nitrogen and oxygen atoms in total. The van der Waals surface area contributed by atoms with E-state index in [2.05, 4.69) is 47.4 Å². The summed E-state index contributed by atoms with van der Waals surface area (Å²) < 4.78 is 0. The molecule has 2 heteroatoms. The van der Waals surface area contributed by atoms with Gasteiger partial charge >= 0.3 is 0 Å². The molecule has 1 unspecified atom stereocenters. The Morgan fingerprint density at radius 1 is 0.724 bits per heavy atom. The SMILES string of the molecule is O=C(C(/C(=C\c1ccccc1)c1ccccc1)c1ccccc1)N1CCCCC1. The molecule has 1 heterocycles. The Bertz CT molecular complexity index is 942. The van der Waals surface area contributed by atoms with Gasteiger partial charge in [0.15, 0.2) is 0 Å². The summed E-state index contributed by atoms with van der Waals surface area (Å²) in [6, 6.07) is 30.8. The Morgan fingerprint density at radius 2 is 1.28 bits per heavy atom. The third kappa shape index (κ3) is 4.65. The zero-order chi connectivity index (χ0) is 19.9. The molecular formula is C27H27NO. The fraction of sp³-hybridized carbons (Fsp3) is 0.222. The fourth-order valence-electron chi connectivity index (χ4n) is 4.09. The van der Waals surface area contributed by atoms with Gasteiger partial charge in [-0.05, 0) is 41.5 Å². The first kappa shape index (κ1) is 19.2. The van der Waals surface area contributed by atoms with Gasteiger partial charge in [-0.2, -0.15) is 0 Å². The Hall–Kier alpha value is -3.13. The number of benzene rings is 3. The van der Waals surface area contributed by atoms with Crippen LogP contribution < -0.4 is 0 Å². The monoisotopic (exact) mass is 381 g/mol. The van der Waals surface area contributed by atoms with Crippen LogP contribution >= 0.6 is 0 Å². The van der Waals surface area contributed by atoms with Crippen LogP contribution in [-0.4, -0.2) is 23.9 Å².